The van der Waals surface area contributed by atoms with E-state index < -0.39 is 0 Å². The Morgan fingerprint density at radius 2 is 2.05 bits per heavy atom. The molecule has 2 fully saturated rings. The molecule has 0 aliphatic heterocycles. The Bertz CT molecular complexity index is 356. The second-order valence-corrected chi connectivity index (χ2v) is 7.35. The number of hydrogen-bond donors (Lipinski definition) is 2. The van der Waals surface area contributed by atoms with Gasteiger partial charge in [0.1, 0.15) is 0 Å². The molecule has 0 aromatic carbocycles. The molecule has 4 nitrogen and oxygen atoms in total. The maximum absolute atomic E-state index is 11.0. The molecule has 2 rings (SSSR count). The molecule has 3 N–H and O–H groups in total. The molecular weight excluding hydrogens is 252 g/mol. The zero-order chi connectivity index (χ0) is 14.8. The van der Waals surface area contributed by atoms with Crippen LogP contribution in [-0.4, -0.2) is 18.6 Å². The van der Waals surface area contributed by atoms with E-state index in [0.717, 1.165) is 31.8 Å². The van der Waals surface area contributed by atoms with E-state index in [1.54, 1.807) is 0 Å². The molecule has 2 aliphatic rings. The second-order valence-electron chi connectivity index (χ2n) is 7.35. The number of carbonyl (C=O) groups excluding carboxylic acids is 1. The Morgan fingerprint density at radius 1 is 1.30 bits per heavy atom. The molecule has 0 heterocycles. The van der Waals surface area contributed by atoms with Gasteiger partial charge < -0.3 is 4.74 Å². The standard InChI is InChI=1S/C16H30N2O2/c1-15(2)12-8-9-16(15,3)13(11-12)20-10-6-4-5-7-14(19)18-17/h12-13H,4-11,17H2,1-3H3,(H,18,19). The van der Waals surface area contributed by atoms with Crippen LogP contribution in [0.15, 0.2) is 0 Å². The van der Waals surface area contributed by atoms with E-state index in [9.17, 15) is 4.79 Å². The summed E-state index contributed by atoms with van der Waals surface area (Å²) in [4.78, 5) is 11.0. The summed E-state index contributed by atoms with van der Waals surface area (Å²) in [5.74, 6) is 5.81. The summed E-state index contributed by atoms with van der Waals surface area (Å²) in [6.45, 7) is 8.07. The molecule has 2 bridgehead atoms. The lowest BCUT2D eigenvalue weighted by Crippen LogP contribution is -2.37. The van der Waals surface area contributed by atoms with Crippen LogP contribution in [0.4, 0.5) is 0 Å². The van der Waals surface area contributed by atoms with Crippen LogP contribution in [0.25, 0.3) is 0 Å². The fourth-order valence-electron chi connectivity index (χ4n) is 4.24. The van der Waals surface area contributed by atoms with Crippen molar-refractivity contribution in [3.05, 3.63) is 0 Å². The van der Waals surface area contributed by atoms with Gasteiger partial charge in [-0.3, -0.25) is 10.2 Å². The molecular formula is C16H30N2O2. The fourth-order valence-corrected chi connectivity index (χ4v) is 4.24. The van der Waals surface area contributed by atoms with Gasteiger partial charge in [0.05, 0.1) is 6.10 Å². The first-order chi connectivity index (χ1) is 9.41. The second kappa shape index (κ2) is 6.02. The lowest BCUT2D eigenvalue weighted by atomic mass is 9.70. The summed E-state index contributed by atoms with van der Waals surface area (Å²) in [5, 5.41) is 0. The van der Waals surface area contributed by atoms with Crippen LogP contribution in [0.2, 0.25) is 0 Å². The van der Waals surface area contributed by atoms with Gasteiger partial charge in [0.15, 0.2) is 0 Å². The van der Waals surface area contributed by atoms with Crippen molar-refractivity contribution in [3.63, 3.8) is 0 Å². The first-order valence-electron chi connectivity index (χ1n) is 8.03. The van der Waals surface area contributed by atoms with Crippen molar-refractivity contribution < 1.29 is 9.53 Å². The molecule has 4 heteroatoms. The van der Waals surface area contributed by atoms with Crippen molar-refractivity contribution in [2.75, 3.05) is 6.61 Å². The highest BCUT2D eigenvalue weighted by Crippen LogP contribution is 2.66. The SMILES string of the molecule is CC1(C)C2CCC1(C)C(OCCCCCC(=O)NN)C2. The first-order valence-corrected chi connectivity index (χ1v) is 8.03. The van der Waals surface area contributed by atoms with Gasteiger partial charge in [-0.05, 0) is 48.9 Å². The molecule has 2 saturated carbocycles. The third-order valence-corrected chi connectivity index (χ3v) is 6.24. The quantitative estimate of drug-likeness (QED) is 0.326. The number of rotatable bonds is 7. The Kier molecular flexibility index (Phi) is 4.75. The Labute approximate surface area is 122 Å². The van der Waals surface area contributed by atoms with Crippen molar-refractivity contribution in [2.24, 2.45) is 22.6 Å². The highest BCUT2D eigenvalue weighted by molar-refractivity contribution is 5.74. The van der Waals surface area contributed by atoms with E-state index in [-0.39, 0.29) is 5.91 Å². The minimum atomic E-state index is -0.0757. The molecule has 2 aliphatic carbocycles. The molecule has 0 aromatic rings. The van der Waals surface area contributed by atoms with Gasteiger partial charge >= 0.3 is 0 Å². The zero-order valence-corrected chi connectivity index (χ0v) is 13.2. The van der Waals surface area contributed by atoms with Crippen LogP contribution in [0.3, 0.4) is 0 Å². The Balaban J connectivity index is 1.65. The number of nitrogens with two attached hydrogens (primary N) is 1. The Hall–Kier alpha value is -0.610. The average Bonchev–Trinajstić information content (AvgIpc) is 2.75. The highest BCUT2D eigenvalue weighted by atomic mass is 16.5. The van der Waals surface area contributed by atoms with Crippen LogP contribution in [0.5, 0.6) is 0 Å². The molecule has 116 valence electrons. The predicted octanol–water partition coefficient (Wildman–Crippen LogP) is 2.77. The van der Waals surface area contributed by atoms with Crippen LogP contribution in [0, 0.1) is 16.7 Å². The van der Waals surface area contributed by atoms with Crippen molar-refractivity contribution in [1.82, 2.24) is 5.43 Å². The van der Waals surface area contributed by atoms with Crippen LogP contribution in [-0.2, 0) is 9.53 Å². The van der Waals surface area contributed by atoms with Gasteiger partial charge in [-0.25, -0.2) is 5.84 Å². The number of nitrogens with one attached hydrogen (secondary N) is 1. The van der Waals surface area contributed by atoms with E-state index >= 15 is 0 Å². The topological polar surface area (TPSA) is 64.3 Å². The predicted molar refractivity (Wildman–Crippen MR) is 79.8 cm³/mol. The molecule has 0 saturated heterocycles. The molecule has 3 atom stereocenters. The van der Waals surface area contributed by atoms with E-state index in [4.69, 9.17) is 10.6 Å². The lowest BCUT2D eigenvalue weighted by Gasteiger charge is -2.39. The normalized spacial score (nSPS) is 34.4. The number of hydrazine groups is 1. The van der Waals surface area contributed by atoms with Gasteiger partial charge in [-0.1, -0.05) is 27.2 Å². The fraction of sp³-hybridized carbons (Fsp3) is 0.938. The lowest BCUT2D eigenvalue weighted by molar-refractivity contribution is -0.121. The van der Waals surface area contributed by atoms with Crippen LogP contribution >= 0.6 is 0 Å². The summed E-state index contributed by atoms with van der Waals surface area (Å²) in [6, 6.07) is 0. The van der Waals surface area contributed by atoms with Crippen molar-refractivity contribution >= 4 is 5.91 Å². The van der Waals surface area contributed by atoms with E-state index in [2.05, 4.69) is 26.2 Å². The third kappa shape index (κ3) is 2.73. The van der Waals surface area contributed by atoms with E-state index in [1.165, 1.54) is 19.3 Å². The van der Waals surface area contributed by atoms with Gasteiger partial charge in [0.25, 0.3) is 0 Å². The zero-order valence-electron chi connectivity index (χ0n) is 13.2. The van der Waals surface area contributed by atoms with Crippen LogP contribution < -0.4 is 11.3 Å². The van der Waals surface area contributed by atoms with Gasteiger partial charge in [0, 0.05) is 13.0 Å². The molecule has 0 radical (unpaired) electrons. The van der Waals surface area contributed by atoms with Gasteiger partial charge in [-0.15, -0.1) is 0 Å². The number of ether oxygens (including phenoxy) is 1. The van der Waals surface area contributed by atoms with Gasteiger partial charge in [0.2, 0.25) is 5.91 Å². The highest BCUT2D eigenvalue weighted by Gasteiger charge is 2.61. The van der Waals surface area contributed by atoms with Crippen molar-refractivity contribution in [1.29, 1.82) is 0 Å². The van der Waals surface area contributed by atoms with E-state index in [0.29, 0.717) is 23.4 Å². The first kappa shape index (κ1) is 15.8. The van der Waals surface area contributed by atoms with E-state index in [1.807, 2.05) is 0 Å². The minimum absolute atomic E-state index is 0.0757. The largest absolute Gasteiger partial charge is 0.378 e. The smallest absolute Gasteiger partial charge is 0.233 e. The van der Waals surface area contributed by atoms with Crippen molar-refractivity contribution in [2.45, 2.75) is 71.8 Å². The molecule has 1 amide bonds. The van der Waals surface area contributed by atoms with Gasteiger partial charge in [-0.2, -0.15) is 0 Å². The number of carbonyl (C=O) groups is 1. The summed E-state index contributed by atoms with van der Waals surface area (Å²) >= 11 is 0. The minimum Gasteiger partial charge on any atom is -0.378 e. The number of amides is 1. The maximum Gasteiger partial charge on any atom is 0.233 e. The molecule has 0 spiro atoms. The number of unbranched alkanes of at least 4 members (excludes halogenated alkanes) is 2. The molecule has 3 unspecified atom stereocenters. The number of fused-ring (bicyclic) bond motifs is 2. The molecule has 0 aromatic heterocycles. The van der Waals surface area contributed by atoms with Crippen molar-refractivity contribution in [3.8, 4) is 0 Å². The monoisotopic (exact) mass is 282 g/mol. The number of hydrogen-bond acceptors (Lipinski definition) is 3. The van der Waals surface area contributed by atoms with Crippen LogP contribution in [0.1, 0.15) is 65.7 Å². The average molecular weight is 282 g/mol. The summed E-state index contributed by atoms with van der Waals surface area (Å²) < 4.78 is 6.18. The Morgan fingerprint density at radius 3 is 2.60 bits per heavy atom. The third-order valence-electron chi connectivity index (χ3n) is 6.24. The molecule has 20 heavy (non-hydrogen) atoms. The maximum atomic E-state index is 11.0. The summed E-state index contributed by atoms with van der Waals surface area (Å²) in [5.41, 5.74) is 2.95. The summed E-state index contributed by atoms with van der Waals surface area (Å²) in [7, 11) is 0. The summed E-state index contributed by atoms with van der Waals surface area (Å²) in [6.07, 6.45) is 7.83.